The minimum Gasteiger partial charge on any atom is -0.388 e. The van der Waals surface area contributed by atoms with E-state index in [9.17, 15) is 10.1 Å². The van der Waals surface area contributed by atoms with Crippen LogP contribution >= 0.6 is 0 Å². The number of guanidine groups is 1. The molecule has 0 saturated carbocycles. The van der Waals surface area contributed by atoms with Crippen LogP contribution < -0.4 is 11.5 Å². The molecule has 7 heteroatoms. The number of rotatable bonds is 4. The highest BCUT2D eigenvalue weighted by Gasteiger charge is 2.03. The summed E-state index contributed by atoms with van der Waals surface area (Å²) in [5.74, 6) is -0.170. The number of nitrogens with two attached hydrogens (primary N) is 2. The number of nitrogens with zero attached hydrogens (tertiary/aromatic N) is 2. The van der Waals surface area contributed by atoms with E-state index >= 15 is 0 Å². The van der Waals surface area contributed by atoms with Crippen LogP contribution in [0, 0.1) is 10.1 Å². The van der Waals surface area contributed by atoms with Gasteiger partial charge in [-0.25, -0.2) is 0 Å². The largest absolute Gasteiger partial charge is 0.388 e. The average Bonchev–Trinajstić information content (AvgIpc) is 2.18. The van der Waals surface area contributed by atoms with E-state index in [0.29, 0.717) is 0 Å². The van der Waals surface area contributed by atoms with Gasteiger partial charge in [-0.3, -0.25) is 10.1 Å². The Balaban J connectivity index is 2.57. The Bertz CT molecular complexity index is 370. The fourth-order valence-corrected chi connectivity index (χ4v) is 0.895. The van der Waals surface area contributed by atoms with Crippen LogP contribution in [0.1, 0.15) is 5.56 Å². The van der Waals surface area contributed by atoms with Gasteiger partial charge in [0.2, 0.25) is 5.96 Å². The van der Waals surface area contributed by atoms with Crippen molar-refractivity contribution < 1.29 is 9.76 Å². The third-order valence-electron chi connectivity index (χ3n) is 1.55. The van der Waals surface area contributed by atoms with E-state index in [1.54, 1.807) is 12.1 Å². The lowest BCUT2D eigenvalue weighted by molar-refractivity contribution is -0.384. The van der Waals surface area contributed by atoms with E-state index in [2.05, 4.69) is 5.16 Å². The van der Waals surface area contributed by atoms with E-state index in [-0.39, 0.29) is 18.3 Å². The van der Waals surface area contributed by atoms with Crippen molar-refractivity contribution in [2.45, 2.75) is 6.61 Å². The molecule has 0 radical (unpaired) electrons. The van der Waals surface area contributed by atoms with Gasteiger partial charge in [-0.2, -0.15) is 0 Å². The standard InChI is InChI=1S/C8H10N4O3/c9-8(10)11-15-5-6-1-3-7(4-2-6)12(13)14/h1-4H,5H2,(H4,9,10,11). The molecular weight excluding hydrogens is 200 g/mol. The van der Waals surface area contributed by atoms with Crippen LogP contribution in [0.2, 0.25) is 0 Å². The Hall–Kier alpha value is -2.31. The quantitative estimate of drug-likeness (QED) is 0.321. The second-order valence-corrected chi connectivity index (χ2v) is 2.71. The molecule has 0 spiro atoms. The Morgan fingerprint density at radius 1 is 1.40 bits per heavy atom. The smallest absolute Gasteiger partial charge is 0.269 e. The number of hydrogen-bond donors (Lipinski definition) is 2. The lowest BCUT2D eigenvalue weighted by Crippen LogP contribution is -2.22. The summed E-state index contributed by atoms with van der Waals surface area (Å²) in [6, 6.07) is 5.91. The van der Waals surface area contributed by atoms with Gasteiger partial charge in [0.25, 0.3) is 5.69 Å². The predicted octanol–water partition coefficient (Wildman–Crippen LogP) is 0.300. The molecule has 0 amide bonds. The van der Waals surface area contributed by atoms with Gasteiger partial charge in [-0.15, -0.1) is 0 Å². The zero-order chi connectivity index (χ0) is 11.3. The normalized spacial score (nSPS) is 9.33. The molecule has 80 valence electrons. The topological polar surface area (TPSA) is 117 Å². The van der Waals surface area contributed by atoms with Crippen molar-refractivity contribution in [3.63, 3.8) is 0 Å². The molecule has 0 aliphatic rings. The maximum Gasteiger partial charge on any atom is 0.269 e. The summed E-state index contributed by atoms with van der Waals surface area (Å²) in [5.41, 5.74) is 10.8. The summed E-state index contributed by atoms with van der Waals surface area (Å²) < 4.78 is 0. The maximum absolute atomic E-state index is 10.3. The third-order valence-corrected chi connectivity index (χ3v) is 1.55. The second kappa shape index (κ2) is 4.80. The van der Waals surface area contributed by atoms with Crippen molar-refractivity contribution in [2.24, 2.45) is 16.6 Å². The van der Waals surface area contributed by atoms with Crippen LogP contribution in [-0.2, 0) is 11.4 Å². The molecule has 0 saturated heterocycles. The van der Waals surface area contributed by atoms with Gasteiger partial charge in [0.05, 0.1) is 4.92 Å². The van der Waals surface area contributed by atoms with Gasteiger partial charge < -0.3 is 16.3 Å². The van der Waals surface area contributed by atoms with Gasteiger partial charge >= 0.3 is 0 Å². The molecule has 0 unspecified atom stereocenters. The van der Waals surface area contributed by atoms with Crippen molar-refractivity contribution >= 4 is 11.6 Å². The van der Waals surface area contributed by atoms with Crippen molar-refractivity contribution in [1.82, 2.24) is 0 Å². The Morgan fingerprint density at radius 2 is 2.00 bits per heavy atom. The van der Waals surface area contributed by atoms with Gasteiger partial charge in [0, 0.05) is 12.1 Å². The summed E-state index contributed by atoms with van der Waals surface area (Å²) in [6.07, 6.45) is 0. The van der Waals surface area contributed by atoms with E-state index < -0.39 is 4.92 Å². The molecule has 0 aliphatic carbocycles. The maximum atomic E-state index is 10.3. The Kier molecular flexibility index (Phi) is 3.44. The van der Waals surface area contributed by atoms with Crippen LogP contribution in [0.15, 0.2) is 29.4 Å². The fourth-order valence-electron chi connectivity index (χ4n) is 0.895. The van der Waals surface area contributed by atoms with Crippen molar-refractivity contribution in [3.8, 4) is 0 Å². The molecule has 0 atom stereocenters. The van der Waals surface area contributed by atoms with Crippen LogP contribution in [0.4, 0.5) is 5.69 Å². The zero-order valence-electron chi connectivity index (χ0n) is 7.79. The van der Waals surface area contributed by atoms with Crippen molar-refractivity contribution in [3.05, 3.63) is 39.9 Å². The lowest BCUT2D eigenvalue weighted by atomic mass is 10.2. The minimum absolute atomic E-state index is 0.0283. The molecule has 1 aromatic rings. The van der Waals surface area contributed by atoms with Crippen LogP contribution in [0.3, 0.4) is 0 Å². The highest BCUT2D eigenvalue weighted by molar-refractivity contribution is 5.74. The van der Waals surface area contributed by atoms with E-state index in [1.165, 1.54) is 12.1 Å². The van der Waals surface area contributed by atoms with Gasteiger partial charge in [-0.1, -0.05) is 0 Å². The summed E-state index contributed by atoms with van der Waals surface area (Å²) >= 11 is 0. The number of nitro groups is 1. The molecule has 0 aromatic heterocycles. The lowest BCUT2D eigenvalue weighted by Gasteiger charge is -1.99. The Labute approximate surface area is 85.5 Å². The minimum atomic E-state index is -0.472. The first-order chi connectivity index (χ1) is 7.09. The molecule has 0 fully saturated rings. The molecule has 1 aromatic carbocycles. The van der Waals surface area contributed by atoms with Gasteiger partial charge in [-0.05, 0) is 22.9 Å². The molecule has 4 N–H and O–H groups in total. The third kappa shape index (κ3) is 3.51. The van der Waals surface area contributed by atoms with Crippen LogP contribution in [0.25, 0.3) is 0 Å². The van der Waals surface area contributed by atoms with Gasteiger partial charge in [0.15, 0.2) is 0 Å². The molecule has 15 heavy (non-hydrogen) atoms. The zero-order valence-corrected chi connectivity index (χ0v) is 7.79. The first-order valence-corrected chi connectivity index (χ1v) is 4.04. The van der Waals surface area contributed by atoms with Gasteiger partial charge in [0.1, 0.15) is 6.61 Å². The number of hydrogen-bond acceptors (Lipinski definition) is 4. The molecule has 0 heterocycles. The summed E-state index contributed by atoms with van der Waals surface area (Å²) in [5, 5.41) is 13.7. The SMILES string of the molecule is NC(N)=NOCc1ccc([N+](=O)[O-])cc1. The molecule has 0 bridgehead atoms. The molecule has 0 aliphatic heterocycles. The predicted molar refractivity (Wildman–Crippen MR) is 53.7 cm³/mol. The summed E-state index contributed by atoms with van der Waals surface area (Å²) in [4.78, 5) is 14.6. The van der Waals surface area contributed by atoms with Crippen LogP contribution in [0.5, 0.6) is 0 Å². The molecule has 7 nitrogen and oxygen atoms in total. The number of benzene rings is 1. The number of nitro benzene ring substituents is 1. The monoisotopic (exact) mass is 210 g/mol. The van der Waals surface area contributed by atoms with E-state index in [1.807, 2.05) is 0 Å². The Morgan fingerprint density at radius 3 is 2.47 bits per heavy atom. The summed E-state index contributed by atoms with van der Waals surface area (Å²) in [7, 11) is 0. The summed E-state index contributed by atoms with van der Waals surface area (Å²) in [6.45, 7) is 0.163. The van der Waals surface area contributed by atoms with E-state index in [0.717, 1.165) is 5.56 Å². The van der Waals surface area contributed by atoms with E-state index in [4.69, 9.17) is 16.3 Å². The highest BCUT2D eigenvalue weighted by Crippen LogP contribution is 2.12. The first-order valence-electron chi connectivity index (χ1n) is 4.04. The first kappa shape index (κ1) is 10.8. The average molecular weight is 210 g/mol. The molecular formula is C8H10N4O3. The fraction of sp³-hybridized carbons (Fsp3) is 0.125. The molecule has 1 rings (SSSR count). The van der Waals surface area contributed by atoms with Crippen molar-refractivity contribution in [2.75, 3.05) is 0 Å². The van der Waals surface area contributed by atoms with Crippen LogP contribution in [-0.4, -0.2) is 10.9 Å². The number of non-ortho nitro benzene ring substituents is 1. The second-order valence-electron chi connectivity index (χ2n) is 2.71. The number of oxime groups is 1. The van der Waals surface area contributed by atoms with Crippen molar-refractivity contribution in [1.29, 1.82) is 0 Å². The highest BCUT2D eigenvalue weighted by atomic mass is 16.6.